The SMILES string of the molecule is CC(C)C[C@@H](NC(=O)[C@@H](Cc1ccccc1)NC(=O)[C@H](N)Cc1ccccc1)C(=O)N[C@H](CCNC(=N)N)C(=O)NC1(C(=O)O)CCN(C(=O)[C@@H](CCCNC(=N)N)NC(=O)[C@@H](CC(C)C)NC(=O)[C@@H](Cc2ccccc2)NC(=O)[C@H](N)Cc2ccccc2)CC1. The predicted molar refractivity (Wildman–Crippen MR) is 345 cm³/mol. The lowest BCUT2D eigenvalue weighted by atomic mass is 9.86. The van der Waals surface area contributed by atoms with Crippen LogP contribution in [0.25, 0.3) is 0 Å². The van der Waals surface area contributed by atoms with Crippen LogP contribution < -0.4 is 70.8 Å². The molecule has 0 aliphatic carbocycles. The lowest BCUT2D eigenvalue weighted by Crippen LogP contribution is -2.65. The van der Waals surface area contributed by atoms with E-state index < -0.39 is 113 Å². The maximum absolute atomic E-state index is 14.7. The van der Waals surface area contributed by atoms with E-state index in [1.165, 1.54) is 4.90 Å². The number of carboxylic acids is 1. The largest absolute Gasteiger partial charge is 0.480 e. The van der Waals surface area contributed by atoms with Gasteiger partial charge in [-0.2, -0.15) is 0 Å². The van der Waals surface area contributed by atoms with Gasteiger partial charge in [-0.05, 0) is 91.9 Å². The van der Waals surface area contributed by atoms with Crippen molar-refractivity contribution in [3.8, 4) is 0 Å². The summed E-state index contributed by atoms with van der Waals surface area (Å²) < 4.78 is 0. The Morgan fingerprint density at radius 2 is 0.802 bits per heavy atom. The minimum atomic E-state index is -1.99. The molecule has 26 heteroatoms. The summed E-state index contributed by atoms with van der Waals surface area (Å²) in [5.41, 5.74) is 24.9. The van der Waals surface area contributed by atoms with Crippen LogP contribution >= 0.6 is 0 Å². The number of carboxylic acid groups (broad SMARTS) is 1. The van der Waals surface area contributed by atoms with Crippen molar-refractivity contribution in [2.75, 3.05) is 26.2 Å². The monoisotopic (exact) mass is 1260 g/mol. The second-order valence-corrected chi connectivity index (χ2v) is 23.9. The lowest BCUT2D eigenvalue weighted by molar-refractivity contribution is -0.152. The predicted octanol–water partition coefficient (Wildman–Crippen LogP) is 0.311. The quantitative estimate of drug-likeness (QED) is 0.0167. The molecule has 0 saturated carbocycles. The molecule has 4 aromatic rings. The summed E-state index contributed by atoms with van der Waals surface area (Å²) in [5.74, 6) is -8.17. The standard InChI is InChI=1S/C65H92N16O10/c1-40(2)34-50(78-58(86)52(38-44-22-13-7-14-23-44)76-54(82)46(66)36-42-18-9-5-10-19-42)56(84)74-48(27-31-73-64(70)71)60(88)80-65(62(90)91)28-32-81(33-29-65)61(89)49(26-17-30-72-63(68)69)75-57(85)51(35-41(3)4)79-59(87)53(39-45-24-15-8-16-25-45)77-55(83)47(67)37-43-20-11-6-12-21-43/h5-16,18-25,40-41,46-53H,17,26-39,66-67H2,1-4H3,(H,74,84)(H,75,85)(H,76,82)(H,77,83)(H,78,86)(H,79,87)(H,80,88)(H,90,91)(H4,68,69,72)(H4,70,71,73)/t46-,47-,48-,49-,50-,51-,52-,53-/m1/s1. The van der Waals surface area contributed by atoms with E-state index in [1.54, 1.807) is 54.6 Å². The van der Waals surface area contributed by atoms with Crippen molar-refractivity contribution in [2.45, 2.75) is 152 Å². The molecule has 8 atom stereocenters. The average molecular weight is 1260 g/mol. The van der Waals surface area contributed by atoms with Gasteiger partial charge in [0.1, 0.15) is 41.8 Å². The summed E-state index contributed by atoms with van der Waals surface area (Å²) in [7, 11) is 0. The van der Waals surface area contributed by atoms with Crippen LogP contribution in [0.15, 0.2) is 121 Å². The van der Waals surface area contributed by atoms with Gasteiger partial charge in [0.05, 0.1) is 12.1 Å². The first kappa shape index (κ1) is 72.3. The van der Waals surface area contributed by atoms with E-state index in [2.05, 4.69) is 47.9 Å². The smallest absolute Gasteiger partial charge is 0.329 e. The van der Waals surface area contributed by atoms with E-state index >= 15 is 0 Å². The minimum absolute atomic E-state index is 0.00960. The highest BCUT2D eigenvalue weighted by Crippen LogP contribution is 2.25. The van der Waals surface area contributed by atoms with Crippen molar-refractivity contribution < 1.29 is 48.3 Å². The molecule has 0 bridgehead atoms. The number of likely N-dealkylation sites (tertiary alicyclic amines) is 1. The number of piperidine rings is 1. The Balaban J connectivity index is 1.32. The molecule has 1 heterocycles. The van der Waals surface area contributed by atoms with E-state index in [-0.39, 0.29) is 115 Å². The molecule has 5 rings (SSSR count). The number of nitrogens with two attached hydrogens (primary N) is 4. The number of nitrogens with zero attached hydrogens (tertiary/aromatic N) is 1. The summed E-state index contributed by atoms with van der Waals surface area (Å²) in [6, 6.07) is 26.6. The van der Waals surface area contributed by atoms with Gasteiger partial charge in [-0.15, -0.1) is 0 Å². The van der Waals surface area contributed by atoms with Gasteiger partial charge < -0.3 is 80.8 Å². The first-order valence-corrected chi connectivity index (χ1v) is 30.8. The number of carbonyl (C=O) groups excluding carboxylic acids is 8. The zero-order chi connectivity index (χ0) is 66.6. The third-order valence-corrected chi connectivity index (χ3v) is 15.5. The highest BCUT2D eigenvalue weighted by Gasteiger charge is 2.46. The molecule has 1 aliphatic rings. The van der Waals surface area contributed by atoms with Crippen LogP contribution in [0.2, 0.25) is 0 Å². The van der Waals surface area contributed by atoms with Crippen LogP contribution in [-0.2, 0) is 68.8 Å². The topological polar surface area (TPSA) is 437 Å². The summed E-state index contributed by atoms with van der Waals surface area (Å²) in [4.78, 5) is 129. The molecule has 492 valence electrons. The van der Waals surface area contributed by atoms with Crippen molar-refractivity contribution in [2.24, 2.45) is 34.8 Å². The van der Waals surface area contributed by atoms with Gasteiger partial charge in [-0.25, -0.2) is 4.79 Å². The molecule has 91 heavy (non-hydrogen) atoms. The number of hydrogen-bond acceptors (Lipinski definition) is 13. The summed E-state index contributed by atoms with van der Waals surface area (Å²) in [6.07, 6.45) is 0.0260. The van der Waals surface area contributed by atoms with Crippen LogP contribution in [0.1, 0.15) is 94.9 Å². The van der Waals surface area contributed by atoms with Gasteiger partial charge >= 0.3 is 5.97 Å². The fourth-order valence-corrected chi connectivity index (χ4v) is 10.5. The maximum Gasteiger partial charge on any atom is 0.329 e. The summed E-state index contributed by atoms with van der Waals surface area (Å²) >= 11 is 0. The number of rotatable bonds is 35. The average Bonchev–Trinajstić information content (AvgIpc) is 0.948. The normalized spacial score (nSPS) is 15.3. The second kappa shape index (κ2) is 36.3. The zero-order valence-corrected chi connectivity index (χ0v) is 52.3. The molecular formula is C65H92N16O10. The Hall–Kier alpha value is -9.43. The zero-order valence-electron chi connectivity index (χ0n) is 52.3. The molecule has 1 fully saturated rings. The van der Waals surface area contributed by atoms with Crippen LogP contribution in [-0.4, -0.2) is 155 Å². The van der Waals surface area contributed by atoms with E-state index in [4.69, 9.17) is 33.8 Å². The van der Waals surface area contributed by atoms with Crippen LogP contribution in [0, 0.1) is 22.7 Å². The number of amides is 8. The number of aliphatic carboxylic acids is 1. The molecule has 20 N–H and O–H groups in total. The van der Waals surface area contributed by atoms with Crippen molar-refractivity contribution >= 4 is 65.1 Å². The molecule has 1 aliphatic heterocycles. The molecular weight excluding hydrogens is 1160 g/mol. The third-order valence-electron chi connectivity index (χ3n) is 15.5. The molecule has 0 radical (unpaired) electrons. The fraction of sp³-hybridized carbons (Fsp3) is 0.462. The summed E-state index contributed by atoms with van der Waals surface area (Å²) in [5, 5.41) is 50.8. The first-order valence-electron chi connectivity index (χ1n) is 30.8. The van der Waals surface area contributed by atoms with Crippen molar-refractivity contribution in [1.29, 1.82) is 10.8 Å². The Kier molecular flexibility index (Phi) is 28.8. The third kappa shape index (κ3) is 24.5. The van der Waals surface area contributed by atoms with E-state index in [0.717, 1.165) is 16.7 Å². The maximum atomic E-state index is 14.7. The van der Waals surface area contributed by atoms with Gasteiger partial charge in [0, 0.05) is 39.0 Å². The Morgan fingerprint density at radius 1 is 0.462 bits per heavy atom. The Morgan fingerprint density at radius 3 is 1.18 bits per heavy atom. The molecule has 1 saturated heterocycles. The van der Waals surface area contributed by atoms with Crippen molar-refractivity contribution in [1.82, 2.24) is 52.8 Å². The number of hydrogen-bond donors (Lipinski definition) is 16. The van der Waals surface area contributed by atoms with Gasteiger partial charge in [-0.3, -0.25) is 49.2 Å². The van der Waals surface area contributed by atoms with E-state index in [0.29, 0.717) is 5.56 Å². The number of nitrogens with one attached hydrogen (secondary N) is 11. The highest BCUT2D eigenvalue weighted by molar-refractivity contribution is 5.97. The fourth-order valence-electron chi connectivity index (χ4n) is 10.5. The van der Waals surface area contributed by atoms with Gasteiger partial charge in [0.2, 0.25) is 47.3 Å². The number of benzene rings is 4. The second-order valence-electron chi connectivity index (χ2n) is 23.9. The van der Waals surface area contributed by atoms with Crippen LogP contribution in [0.3, 0.4) is 0 Å². The van der Waals surface area contributed by atoms with E-state index in [9.17, 15) is 48.3 Å². The molecule has 8 amide bonds. The molecule has 0 aromatic heterocycles. The Labute approximate surface area is 531 Å². The molecule has 26 nitrogen and oxygen atoms in total. The number of carbonyl (C=O) groups is 9. The molecule has 4 aromatic carbocycles. The van der Waals surface area contributed by atoms with Gasteiger partial charge in [0.25, 0.3) is 0 Å². The summed E-state index contributed by atoms with van der Waals surface area (Å²) in [6.45, 7) is 6.88. The van der Waals surface area contributed by atoms with Crippen LogP contribution in [0.5, 0.6) is 0 Å². The van der Waals surface area contributed by atoms with Crippen molar-refractivity contribution in [3.05, 3.63) is 144 Å². The highest BCUT2D eigenvalue weighted by atomic mass is 16.4. The minimum Gasteiger partial charge on any atom is -0.480 e. The molecule has 0 spiro atoms. The van der Waals surface area contributed by atoms with Gasteiger partial charge in [0.15, 0.2) is 11.9 Å². The number of guanidine groups is 2. The van der Waals surface area contributed by atoms with E-state index in [1.807, 2.05) is 94.4 Å². The Bertz CT molecular complexity index is 3060. The van der Waals surface area contributed by atoms with Crippen molar-refractivity contribution in [3.63, 3.8) is 0 Å². The first-order chi connectivity index (χ1) is 43.3. The van der Waals surface area contributed by atoms with Crippen LogP contribution in [0.4, 0.5) is 0 Å². The van der Waals surface area contributed by atoms with Gasteiger partial charge in [-0.1, -0.05) is 149 Å². The molecule has 0 unspecified atom stereocenters. The lowest BCUT2D eigenvalue weighted by Gasteiger charge is -2.41.